The first-order chi connectivity index (χ1) is 11.5. The minimum absolute atomic E-state index is 0.106. The highest BCUT2D eigenvalue weighted by Crippen LogP contribution is 2.34. The summed E-state index contributed by atoms with van der Waals surface area (Å²) >= 11 is 0. The average Bonchev–Trinajstić information content (AvgIpc) is 2.99. The van der Waals surface area contributed by atoms with Crippen LogP contribution in [0.5, 0.6) is 11.5 Å². The van der Waals surface area contributed by atoms with E-state index in [1.807, 2.05) is 0 Å². The average molecular weight is 335 g/mol. The van der Waals surface area contributed by atoms with Crippen molar-refractivity contribution in [2.24, 2.45) is 0 Å². The summed E-state index contributed by atoms with van der Waals surface area (Å²) in [4.78, 5) is 23.5. The third kappa shape index (κ3) is 3.60. The van der Waals surface area contributed by atoms with Gasteiger partial charge in [-0.1, -0.05) is 0 Å². The monoisotopic (exact) mass is 335 g/mol. The summed E-state index contributed by atoms with van der Waals surface area (Å²) in [6.45, 7) is -0.500. The molecule has 0 bridgehead atoms. The Balaban J connectivity index is 1.56. The Morgan fingerprint density at radius 3 is 2.50 bits per heavy atom. The summed E-state index contributed by atoms with van der Waals surface area (Å²) < 4.78 is 41.1. The molecule has 1 amide bonds. The van der Waals surface area contributed by atoms with Crippen LogP contribution in [0.15, 0.2) is 36.4 Å². The van der Waals surface area contributed by atoms with E-state index in [0.29, 0.717) is 23.3 Å². The number of hydrogen-bond donors (Lipinski definition) is 1. The number of fused-ring (bicyclic) bond motifs is 1. The fourth-order valence-corrected chi connectivity index (χ4v) is 2.06. The molecule has 2 aromatic carbocycles. The molecule has 1 N–H and O–H groups in total. The third-order valence-corrected chi connectivity index (χ3v) is 3.09. The van der Waals surface area contributed by atoms with E-state index in [2.05, 4.69) is 5.32 Å². The fraction of sp³-hybridized carbons (Fsp3) is 0.125. The maximum Gasteiger partial charge on any atom is 0.338 e. The first kappa shape index (κ1) is 15.7. The van der Waals surface area contributed by atoms with Gasteiger partial charge in [0.25, 0.3) is 5.91 Å². The van der Waals surface area contributed by atoms with Crippen molar-refractivity contribution in [3.8, 4) is 11.5 Å². The second-order valence-electron chi connectivity index (χ2n) is 4.85. The Labute approximate surface area is 134 Å². The smallest absolute Gasteiger partial charge is 0.338 e. The highest BCUT2D eigenvalue weighted by molar-refractivity contribution is 5.95. The minimum atomic E-state index is -1.01. The van der Waals surface area contributed by atoms with Crippen molar-refractivity contribution in [1.29, 1.82) is 0 Å². The van der Waals surface area contributed by atoms with Crippen LogP contribution in [0.4, 0.5) is 14.5 Å². The molecule has 0 unspecified atom stereocenters. The van der Waals surface area contributed by atoms with Crippen molar-refractivity contribution < 1.29 is 32.6 Å². The van der Waals surface area contributed by atoms with E-state index in [0.717, 1.165) is 12.1 Å². The SMILES string of the molecule is O=C(COC(=O)c1cc(F)cc(F)c1)Nc1ccc2c(c1)OCO2. The van der Waals surface area contributed by atoms with Gasteiger partial charge in [-0.25, -0.2) is 13.6 Å². The lowest BCUT2D eigenvalue weighted by Gasteiger charge is -2.07. The minimum Gasteiger partial charge on any atom is -0.454 e. The van der Waals surface area contributed by atoms with Crippen LogP contribution in [0.3, 0.4) is 0 Å². The molecule has 0 saturated heterocycles. The Morgan fingerprint density at radius 1 is 1.04 bits per heavy atom. The second kappa shape index (κ2) is 6.53. The molecule has 0 fully saturated rings. The van der Waals surface area contributed by atoms with E-state index in [-0.39, 0.29) is 12.4 Å². The molecule has 0 radical (unpaired) electrons. The molecular formula is C16H11F2NO5. The molecule has 1 aliphatic rings. The predicted molar refractivity (Wildman–Crippen MR) is 77.8 cm³/mol. The normalized spacial score (nSPS) is 11.9. The highest BCUT2D eigenvalue weighted by Gasteiger charge is 2.16. The lowest BCUT2D eigenvalue weighted by atomic mass is 10.2. The van der Waals surface area contributed by atoms with E-state index in [9.17, 15) is 18.4 Å². The summed E-state index contributed by atoms with van der Waals surface area (Å²) in [6, 6.07) is 7.05. The van der Waals surface area contributed by atoms with Gasteiger partial charge in [0.1, 0.15) is 11.6 Å². The standard InChI is InChI=1S/C16H11F2NO5/c17-10-3-9(4-11(18)5-10)16(21)22-7-15(20)19-12-1-2-13-14(6-12)24-8-23-13/h1-6H,7-8H2,(H,19,20). The van der Waals surface area contributed by atoms with Gasteiger partial charge in [-0.3, -0.25) is 4.79 Å². The van der Waals surface area contributed by atoms with E-state index in [4.69, 9.17) is 14.2 Å². The molecule has 1 aliphatic heterocycles. The number of esters is 1. The van der Waals surface area contributed by atoms with Gasteiger partial charge in [0.2, 0.25) is 6.79 Å². The second-order valence-corrected chi connectivity index (χ2v) is 4.85. The number of carbonyl (C=O) groups excluding carboxylic acids is 2. The first-order valence-electron chi connectivity index (χ1n) is 6.84. The summed E-state index contributed by atoms with van der Waals surface area (Å²) in [5, 5.41) is 2.50. The van der Waals surface area contributed by atoms with Crippen LogP contribution in [-0.2, 0) is 9.53 Å². The highest BCUT2D eigenvalue weighted by atomic mass is 19.1. The molecule has 2 aromatic rings. The van der Waals surface area contributed by atoms with Gasteiger partial charge in [-0.15, -0.1) is 0 Å². The van der Waals surface area contributed by atoms with E-state index < -0.39 is 30.1 Å². The number of amides is 1. The molecule has 0 aromatic heterocycles. The lowest BCUT2D eigenvalue weighted by Crippen LogP contribution is -2.21. The maximum absolute atomic E-state index is 13.0. The van der Waals surface area contributed by atoms with Crippen LogP contribution in [0, 0.1) is 11.6 Å². The number of hydrogen-bond acceptors (Lipinski definition) is 5. The summed E-state index contributed by atoms with van der Waals surface area (Å²) in [5.74, 6) is -2.39. The van der Waals surface area contributed by atoms with Gasteiger partial charge >= 0.3 is 5.97 Å². The number of rotatable bonds is 4. The molecule has 1 heterocycles. The van der Waals surface area contributed by atoms with Gasteiger partial charge in [0.15, 0.2) is 18.1 Å². The zero-order chi connectivity index (χ0) is 17.1. The molecule has 0 atom stereocenters. The maximum atomic E-state index is 13.0. The largest absolute Gasteiger partial charge is 0.454 e. The van der Waals surface area contributed by atoms with Crippen molar-refractivity contribution >= 4 is 17.6 Å². The predicted octanol–water partition coefficient (Wildman–Crippen LogP) is 2.49. The number of anilines is 1. The zero-order valence-electron chi connectivity index (χ0n) is 12.2. The zero-order valence-corrected chi connectivity index (χ0v) is 12.2. The van der Waals surface area contributed by atoms with Crippen LogP contribution >= 0.6 is 0 Å². The Morgan fingerprint density at radius 2 is 1.75 bits per heavy atom. The van der Waals surface area contributed by atoms with Gasteiger partial charge < -0.3 is 19.5 Å². The molecule has 3 rings (SSSR count). The molecule has 24 heavy (non-hydrogen) atoms. The van der Waals surface area contributed by atoms with Crippen molar-refractivity contribution in [3.05, 3.63) is 53.6 Å². The van der Waals surface area contributed by atoms with Gasteiger partial charge in [0, 0.05) is 17.8 Å². The van der Waals surface area contributed by atoms with Crippen molar-refractivity contribution in [2.45, 2.75) is 0 Å². The summed E-state index contributed by atoms with van der Waals surface area (Å²) in [7, 11) is 0. The molecule has 6 nitrogen and oxygen atoms in total. The summed E-state index contributed by atoms with van der Waals surface area (Å²) in [5.41, 5.74) is 0.112. The lowest BCUT2D eigenvalue weighted by molar-refractivity contribution is -0.119. The van der Waals surface area contributed by atoms with Gasteiger partial charge in [-0.05, 0) is 24.3 Å². The van der Waals surface area contributed by atoms with Crippen LogP contribution in [0.1, 0.15) is 10.4 Å². The van der Waals surface area contributed by atoms with Crippen molar-refractivity contribution in [1.82, 2.24) is 0 Å². The molecule has 8 heteroatoms. The number of benzene rings is 2. The van der Waals surface area contributed by atoms with Crippen LogP contribution in [0.2, 0.25) is 0 Å². The number of carbonyl (C=O) groups is 2. The van der Waals surface area contributed by atoms with Crippen LogP contribution in [-0.4, -0.2) is 25.3 Å². The number of halogens is 2. The van der Waals surface area contributed by atoms with E-state index >= 15 is 0 Å². The molecule has 0 saturated carbocycles. The third-order valence-electron chi connectivity index (χ3n) is 3.09. The number of ether oxygens (including phenoxy) is 3. The number of nitrogens with one attached hydrogen (secondary N) is 1. The molecule has 0 spiro atoms. The van der Waals surface area contributed by atoms with Crippen LogP contribution < -0.4 is 14.8 Å². The fourth-order valence-electron chi connectivity index (χ4n) is 2.06. The van der Waals surface area contributed by atoms with E-state index in [1.54, 1.807) is 18.2 Å². The van der Waals surface area contributed by atoms with Gasteiger partial charge in [0.05, 0.1) is 5.56 Å². The quantitative estimate of drug-likeness (QED) is 0.869. The van der Waals surface area contributed by atoms with E-state index in [1.165, 1.54) is 0 Å². The van der Waals surface area contributed by atoms with Crippen molar-refractivity contribution in [2.75, 3.05) is 18.7 Å². The molecule has 124 valence electrons. The Kier molecular flexibility index (Phi) is 4.28. The Bertz CT molecular complexity index is 789. The molecular weight excluding hydrogens is 324 g/mol. The van der Waals surface area contributed by atoms with Gasteiger partial charge in [-0.2, -0.15) is 0 Å². The topological polar surface area (TPSA) is 73.9 Å². The van der Waals surface area contributed by atoms with Crippen LogP contribution in [0.25, 0.3) is 0 Å². The molecule has 0 aliphatic carbocycles. The first-order valence-corrected chi connectivity index (χ1v) is 6.84. The summed E-state index contributed by atoms with van der Waals surface area (Å²) in [6.07, 6.45) is 0. The van der Waals surface area contributed by atoms with Crippen molar-refractivity contribution in [3.63, 3.8) is 0 Å². The Hall–Kier alpha value is -3.16.